The summed E-state index contributed by atoms with van der Waals surface area (Å²) in [6, 6.07) is 4.90. The first-order valence-electron chi connectivity index (χ1n) is 9.52. The highest BCUT2D eigenvalue weighted by Gasteiger charge is 2.34. The predicted molar refractivity (Wildman–Crippen MR) is 131 cm³/mol. The number of benzene rings is 1. The molecule has 0 aliphatic carbocycles. The molecule has 0 aliphatic rings. The number of carbonyl (C=O) groups excluding carboxylic acids is 1. The maximum Gasteiger partial charge on any atom is 0.228 e. The standard InChI is InChI=1S/C19H26Cl5N3OS/c1-2-3-4-5-6-7-8-9-16(28)26-17(19(22,23)24)27-18(29)25-15-11-10-13(20)12-14(15)21/h10-12,17H,2-9H2,1H3,(H,26,28)(H2,25,27,29)/t17-/m1/s1. The van der Waals surface area contributed by atoms with E-state index in [2.05, 4.69) is 22.9 Å². The van der Waals surface area contributed by atoms with Crippen molar-refractivity contribution in [3.63, 3.8) is 0 Å². The Labute approximate surface area is 203 Å². The van der Waals surface area contributed by atoms with Gasteiger partial charge in [-0.3, -0.25) is 4.79 Å². The van der Waals surface area contributed by atoms with Crippen LogP contribution < -0.4 is 16.0 Å². The van der Waals surface area contributed by atoms with Crippen LogP contribution >= 0.6 is 70.2 Å². The first kappa shape index (κ1) is 26.9. The molecule has 1 aromatic rings. The molecule has 1 amide bonds. The van der Waals surface area contributed by atoms with Crippen LogP contribution in [0.5, 0.6) is 0 Å². The van der Waals surface area contributed by atoms with Gasteiger partial charge in [-0.25, -0.2) is 0 Å². The number of alkyl halides is 3. The Bertz CT molecular complexity index is 670. The fourth-order valence-corrected chi connectivity index (χ4v) is 3.57. The normalized spacial score (nSPS) is 12.3. The second-order valence-electron chi connectivity index (χ2n) is 6.64. The van der Waals surface area contributed by atoms with Gasteiger partial charge in [0.05, 0.1) is 10.7 Å². The zero-order valence-corrected chi connectivity index (χ0v) is 20.8. The molecule has 1 atom stereocenters. The van der Waals surface area contributed by atoms with E-state index in [1.54, 1.807) is 18.2 Å². The van der Waals surface area contributed by atoms with Gasteiger partial charge < -0.3 is 16.0 Å². The number of amides is 1. The largest absolute Gasteiger partial charge is 0.339 e. The molecule has 0 radical (unpaired) electrons. The second-order valence-corrected chi connectivity index (χ2v) is 10.3. The van der Waals surface area contributed by atoms with Crippen molar-refractivity contribution in [3.05, 3.63) is 28.2 Å². The number of anilines is 1. The first-order chi connectivity index (χ1) is 13.6. The van der Waals surface area contributed by atoms with Crippen LogP contribution in [0.4, 0.5) is 5.69 Å². The molecule has 3 N–H and O–H groups in total. The third-order valence-electron chi connectivity index (χ3n) is 4.09. The summed E-state index contributed by atoms with van der Waals surface area (Å²) in [5, 5.41) is 9.40. The fraction of sp³-hybridized carbons (Fsp3) is 0.579. The zero-order valence-electron chi connectivity index (χ0n) is 16.2. The van der Waals surface area contributed by atoms with Gasteiger partial charge in [0.2, 0.25) is 9.70 Å². The van der Waals surface area contributed by atoms with Crippen LogP contribution in [0.25, 0.3) is 0 Å². The summed E-state index contributed by atoms with van der Waals surface area (Å²) in [5.41, 5.74) is 0.533. The molecule has 0 heterocycles. The minimum absolute atomic E-state index is 0.141. The quantitative estimate of drug-likeness (QED) is 0.124. The summed E-state index contributed by atoms with van der Waals surface area (Å²) < 4.78 is -1.80. The minimum atomic E-state index is -1.80. The molecule has 10 heteroatoms. The van der Waals surface area contributed by atoms with E-state index in [1.165, 1.54) is 25.7 Å². The summed E-state index contributed by atoms with van der Waals surface area (Å²) in [4.78, 5) is 12.2. The molecule has 29 heavy (non-hydrogen) atoms. The average molecular weight is 522 g/mol. The van der Waals surface area contributed by atoms with Gasteiger partial charge in [-0.1, -0.05) is 103 Å². The lowest BCUT2D eigenvalue weighted by Gasteiger charge is -2.28. The van der Waals surface area contributed by atoms with Gasteiger partial charge in [0.25, 0.3) is 0 Å². The molecule has 1 rings (SSSR count). The van der Waals surface area contributed by atoms with E-state index >= 15 is 0 Å². The van der Waals surface area contributed by atoms with E-state index in [-0.39, 0.29) is 11.0 Å². The van der Waals surface area contributed by atoms with Gasteiger partial charge in [-0.2, -0.15) is 0 Å². The first-order valence-corrected chi connectivity index (χ1v) is 11.8. The smallest absolute Gasteiger partial charge is 0.228 e. The highest BCUT2D eigenvalue weighted by atomic mass is 35.6. The minimum Gasteiger partial charge on any atom is -0.339 e. The lowest BCUT2D eigenvalue weighted by Crippen LogP contribution is -2.56. The van der Waals surface area contributed by atoms with Gasteiger partial charge in [0.15, 0.2) is 5.11 Å². The highest BCUT2D eigenvalue weighted by molar-refractivity contribution is 7.80. The van der Waals surface area contributed by atoms with Crippen molar-refractivity contribution < 1.29 is 4.79 Å². The van der Waals surface area contributed by atoms with Crippen LogP contribution in [0.2, 0.25) is 10.0 Å². The van der Waals surface area contributed by atoms with E-state index in [4.69, 9.17) is 70.2 Å². The number of hydrogen-bond acceptors (Lipinski definition) is 2. The topological polar surface area (TPSA) is 53.2 Å². The van der Waals surface area contributed by atoms with Gasteiger partial charge in [-0.15, -0.1) is 0 Å². The molecule has 0 unspecified atom stereocenters. The third-order valence-corrected chi connectivity index (χ3v) is 5.52. The molecule has 0 aliphatic heterocycles. The lowest BCUT2D eigenvalue weighted by atomic mass is 10.1. The van der Waals surface area contributed by atoms with E-state index in [0.717, 1.165) is 19.3 Å². The summed E-state index contributed by atoms with van der Waals surface area (Å²) in [7, 11) is 0. The summed E-state index contributed by atoms with van der Waals surface area (Å²) >= 11 is 35.2. The molecule has 1 aromatic carbocycles. The van der Waals surface area contributed by atoms with E-state index in [0.29, 0.717) is 22.2 Å². The Morgan fingerprint density at radius 1 is 1.03 bits per heavy atom. The van der Waals surface area contributed by atoms with Crippen molar-refractivity contribution in [2.24, 2.45) is 0 Å². The van der Waals surface area contributed by atoms with Gasteiger partial charge >= 0.3 is 0 Å². The van der Waals surface area contributed by atoms with Crippen molar-refractivity contribution in [3.8, 4) is 0 Å². The zero-order chi connectivity index (χ0) is 21.9. The van der Waals surface area contributed by atoms with Crippen LogP contribution in [-0.2, 0) is 4.79 Å². The van der Waals surface area contributed by atoms with Gasteiger partial charge in [-0.05, 0) is 36.8 Å². The Morgan fingerprint density at radius 2 is 1.66 bits per heavy atom. The maximum atomic E-state index is 12.2. The summed E-state index contributed by atoms with van der Waals surface area (Å²) in [5.74, 6) is -0.213. The van der Waals surface area contributed by atoms with Crippen molar-refractivity contribution in [1.29, 1.82) is 0 Å². The van der Waals surface area contributed by atoms with Crippen LogP contribution in [0.3, 0.4) is 0 Å². The van der Waals surface area contributed by atoms with Crippen molar-refractivity contribution in [2.45, 2.75) is 68.2 Å². The Kier molecular flexibility index (Phi) is 13.0. The van der Waals surface area contributed by atoms with E-state index in [9.17, 15) is 4.79 Å². The third kappa shape index (κ3) is 11.7. The number of unbranched alkanes of at least 4 members (excludes halogenated alkanes) is 6. The summed E-state index contributed by atoms with van der Waals surface area (Å²) in [6.07, 6.45) is 7.17. The highest BCUT2D eigenvalue weighted by Crippen LogP contribution is 2.30. The Balaban J connectivity index is 2.49. The van der Waals surface area contributed by atoms with E-state index < -0.39 is 9.96 Å². The molecule has 0 bridgehead atoms. The Hall–Kier alpha value is -0.170. The van der Waals surface area contributed by atoms with Crippen LogP contribution in [0, 0.1) is 0 Å². The van der Waals surface area contributed by atoms with Crippen molar-refractivity contribution in [2.75, 3.05) is 5.32 Å². The molecule has 164 valence electrons. The number of nitrogens with one attached hydrogen (secondary N) is 3. The number of thiocarbonyl (C=S) groups is 1. The van der Waals surface area contributed by atoms with E-state index in [1.807, 2.05) is 0 Å². The summed E-state index contributed by atoms with van der Waals surface area (Å²) in [6.45, 7) is 2.19. The van der Waals surface area contributed by atoms with Gasteiger partial charge in [0, 0.05) is 11.4 Å². The molecular weight excluding hydrogens is 496 g/mol. The number of carbonyl (C=O) groups is 1. The molecule has 4 nitrogen and oxygen atoms in total. The molecule has 0 fully saturated rings. The molecule has 0 spiro atoms. The molecule has 0 saturated carbocycles. The van der Waals surface area contributed by atoms with Crippen molar-refractivity contribution >= 4 is 86.9 Å². The van der Waals surface area contributed by atoms with Crippen LogP contribution in [0.1, 0.15) is 58.3 Å². The molecular formula is C19H26Cl5N3OS. The maximum absolute atomic E-state index is 12.2. The average Bonchev–Trinajstić information content (AvgIpc) is 2.62. The van der Waals surface area contributed by atoms with Crippen LogP contribution in [-0.4, -0.2) is 21.0 Å². The number of hydrogen-bond donors (Lipinski definition) is 3. The second kappa shape index (κ2) is 14.0. The molecule has 0 aromatic heterocycles. The molecule has 0 saturated heterocycles. The Morgan fingerprint density at radius 3 is 2.24 bits per heavy atom. The van der Waals surface area contributed by atoms with Crippen molar-refractivity contribution in [1.82, 2.24) is 10.6 Å². The van der Waals surface area contributed by atoms with Gasteiger partial charge in [0.1, 0.15) is 6.17 Å². The lowest BCUT2D eigenvalue weighted by molar-refractivity contribution is -0.122. The number of halogens is 5. The fourth-order valence-electron chi connectivity index (χ4n) is 2.56. The SMILES string of the molecule is CCCCCCCCCC(=O)N[C@H](NC(=S)Nc1ccc(Cl)cc1Cl)C(Cl)(Cl)Cl. The number of rotatable bonds is 11. The monoisotopic (exact) mass is 519 g/mol. The van der Waals surface area contributed by atoms with Crippen LogP contribution in [0.15, 0.2) is 18.2 Å². The predicted octanol–water partition coefficient (Wildman–Crippen LogP) is 7.23.